The zero-order valence-corrected chi connectivity index (χ0v) is 19.8. The van der Waals surface area contributed by atoms with Crippen LogP contribution < -0.4 is 0 Å². The van der Waals surface area contributed by atoms with E-state index in [1.165, 1.54) is 109 Å². The molecule has 0 fully saturated rings. The van der Waals surface area contributed by atoms with Gasteiger partial charge in [0.2, 0.25) is 0 Å². The van der Waals surface area contributed by atoms with Crippen LogP contribution in [0.5, 0.6) is 0 Å². The van der Waals surface area contributed by atoms with Crippen LogP contribution in [-0.4, -0.2) is 22.3 Å². The number of carboxylic acids is 1. The highest BCUT2D eigenvalue weighted by Crippen LogP contribution is 2.16. The van der Waals surface area contributed by atoms with Gasteiger partial charge in [-0.1, -0.05) is 129 Å². The van der Waals surface area contributed by atoms with Crippen LogP contribution in [0.15, 0.2) is 0 Å². The van der Waals surface area contributed by atoms with Crippen molar-refractivity contribution in [2.24, 2.45) is 5.92 Å². The molecule has 0 aliphatic carbocycles. The average Bonchev–Trinajstić information content (AvgIpc) is 2.67. The summed E-state index contributed by atoms with van der Waals surface area (Å²) in [5, 5.41) is 18.3. The Kier molecular flexibility index (Phi) is 21.7. The number of unbranched alkanes of at least 4 members (excludes halogenated alkanes) is 16. The zero-order chi connectivity index (χ0) is 21.6. The molecule has 0 heterocycles. The number of aliphatic carboxylic acids is 1. The van der Waals surface area contributed by atoms with E-state index in [0.717, 1.165) is 18.8 Å². The van der Waals surface area contributed by atoms with Crippen LogP contribution in [0.1, 0.15) is 149 Å². The van der Waals surface area contributed by atoms with E-state index in [0.29, 0.717) is 6.42 Å². The van der Waals surface area contributed by atoms with Crippen molar-refractivity contribution in [2.45, 2.75) is 155 Å². The SMILES string of the molecule is CC(C)CCCCCCCCCCCCCCCCCCCC(O)CCC(=O)O. The third-order valence-corrected chi connectivity index (χ3v) is 6.01. The summed E-state index contributed by atoms with van der Waals surface area (Å²) in [6, 6.07) is 0. The molecule has 29 heavy (non-hydrogen) atoms. The lowest BCUT2D eigenvalue weighted by molar-refractivity contribution is -0.137. The molecular formula is C26H52O3. The zero-order valence-electron chi connectivity index (χ0n) is 19.8. The molecule has 0 saturated carbocycles. The van der Waals surface area contributed by atoms with Crippen molar-refractivity contribution in [3.8, 4) is 0 Å². The Bertz CT molecular complexity index is 341. The highest BCUT2D eigenvalue weighted by Gasteiger charge is 2.06. The van der Waals surface area contributed by atoms with E-state index < -0.39 is 12.1 Å². The number of hydrogen-bond donors (Lipinski definition) is 2. The molecule has 0 amide bonds. The van der Waals surface area contributed by atoms with Crippen molar-refractivity contribution < 1.29 is 15.0 Å². The molecular weight excluding hydrogens is 360 g/mol. The summed E-state index contributed by atoms with van der Waals surface area (Å²) >= 11 is 0. The Morgan fingerprint density at radius 3 is 1.17 bits per heavy atom. The minimum atomic E-state index is -0.813. The van der Waals surface area contributed by atoms with Crippen molar-refractivity contribution >= 4 is 5.97 Å². The van der Waals surface area contributed by atoms with Gasteiger partial charge in [-0.15, -0.1) is 0 Å². The number of hydrogen-bond acceptors (Lipinski definition) is 2. The summed E-state index contributed by atoms with van der Waals surface area (Å²) in [5.41, 5.74) is 0. The Labute approximate surface area is 182 Å². The van der Waals surface area contributed by atoms with Crippen molar-refractivity contribution in [2.75, 3.05) is 0 Å². The fourth-order valence-electron chi connectivity index (χ4n) is 4.02. The van der Waals surface area contributed by atoms with E-state index in [4.69, 9.17) is 5.11 Å². The minimum Gasteiger partial charge on any atom is -0.481 e. The molecule has 3 heteroatoms. The van der Waals surface area contributed by atoms with Gasteiger partial charge < -0.3 is 10.2 Å². The van der Waals surface area contributed by atoms with E-state index in [9.17, 15) is 9.90 Å². The van der Waals surface area contributed by atoms with E-state index >= 15 is 0 Å². The standard InChI is InChI=1S/C26H52O3/c1-24(2)20-18-16-14-12-10-8-6-4-3-5-7-9-11-13-15-17-19-21-25(27)22-23-26(28)29/h24-25,27H,3-23H2,1-2H3,(H,28,29). The van der Waals surface area contributed by atoms with E-state index in [1.807, 2.05) is 0 Å². The predicted molar refractivity (Wildman–Crippen MR) is 125 cm³/mol. The molecule has 174 valence electrons. The molecule has 0 aliphatic rings. The van der Waals surface area contributed by atoms with Crippen LogP contribution in [0, 0.1) is 5.92 Å². The molecule has 0 aromatic carbocycles. The second kappa shape index (κ2) is 22.1. The number of aliphatic hydroxyl groups excluding tert-OH is 1. The van der Waals surface area contributed by atoms with Crippen LogP contribution in [0.2, 0.25) is 0 Å². The van der Waals surface area contributed by atoms with E-state index in [2.05, 4.69) is 13.8 Å². The van der Waals surface area contributed by atoms with Gasteiger partial charge in [0.1, 0.15) is 0 Å². The van der Waals surface area contributed by atoms with Gasteiger partial charge >= 0.3 is 5.97 Å². The lowest BCUT2D eigenvalue weighted by Gasteiger charge is -2.08. The lowest BCUT2D eigenvalue weighted by atomic mass is 10.0. The molecule has 0 bridgehead atoms. The van der Waals surface area contributed by atoms with E-state index in [-0.39, 0.29) is 6.42 Å². The Balaban J connectivity index is 3.09. The van der Waals surface area contributed by atoms with Crippen molar-refractivity contribution in [1.82, 2.24) is 0 Å². The maximum atomic E-state index is 10.5. The summed E-state index contributed by atoms with van der Waals surface area (Å²) < 4.78 is 0. The number of rotatable bonds is 23. The number of carbonyl (C=O) groups is 1. The van der Waals surface area contributed by atoms with Crippen LogP contribution in [0.25, 0.3) is 0 Å². The summed E-state index contributed by atoms with van der Waals surface area (Å²) in [4.78, 5) is 10.5. The highest BCUT2D eigenvalue weighted by atomic mass is 16.4. The molecule has 0 aromatic rings. The number of aliphatic hydroxyl groups is 1. The smallest absolute Gasteiger partial charge is 0.303 e. The monoisotopic (exact) mass is 412 g/mol. The van der Waals surface area contributed by atoms with Gasteiger partial charge in [-0.25, -0.2) is 0 Å². The first kappa shape index (κ1) is 28.4. The van der Waals surface area contributed by atoms with Gasteiger partial charge in [-0.3, -0.25) is 4.79 Å². The summed E-state index contributed by atoms with van der Waals surface area (Å²) in [6.45, 7) is 4.65. The van der Waals surface area contributed by atoms with Gasteiger partial charge in [0.25, 0.3) is 0 Å². The molecule has 0 aliphatic heterocycles. The Hall–Kier alpha value is -0.570. The topological polar surface area (TPSA) is 57.5 Å². The third kappa shape index (κ3) is 25.4. The van der Waals surface area contributed by atoms with Gasteiger partial charge in [-0.05, 0) is 18.8 Å². The van der Waals surface area contributed by atoms with Gasteiger partial charge in [-0.2, -0.15) is 0 Å². The molecule has 0 rings (SSSR count). The van der Waals surface area contributed by atoms with Crippen LogP contribution in [-0.2, 0) is 4.79 Å². The van der Waals surface area contributed by atoms with Crippen LogP contribution >= 0.6 is 0 Å². The second-order valence-corrected chi connectivity index (χ2v) is 9.57. The molecule has 1 atom stereocenters. The van der Waals surface area contributed by atoms with Gasteiger partial charge in [0, 0.05) is 6.42 Å². The van der Waals surface area contributed by atoms with Gasteiger partial charge in [0.05, 0.1) is 6.10 Å². The highest BCUT2D eigenvalue weighted by molar-refractivity contribution is 5.66. The van der Waals surface area contributed by atoms with Crippen molar-refractivity contribution in [3.05, 3.63) is 0 Å². The van der Waals surface area contributed by atoms with Gasteiger partial charge in [0.15, 0.2) is 0 Å². The largest absolute Gasteiger partial charge is 0.481 e. The maximum Gasteiger partial charge on any atom is 0.303 e. The molecule has 3 nitrogen and oxygen atoms in total. The third-order valence-electron chi connectivity index (χ3n) is 6.01. The fraction of sp³-hybridized carbons (Fsp3) is 0.962. The average molecular weight is 413 g/mol. The summed E-state index contributed by atoms with van der Waals surface area (Å²) in [7, 11) is 0. The first-order chi connectivity index (χ1) is 14.0. The van der Waals surface area contributed by atoms with Crippen LogP contribution in [0.4, 0.5) is 0 Å². The van der Waals surface area contributed by atoms with Crippen molar-refractivity contribution in [1.29, 1.82) is 0 Å². The first-order valence-corrected chi connectivity index (χ1v) is 12.9. The molecule has 0 radical (unpaired) electrons. The summed E-state index contributed by atoms with van der Waals surface area (Å²) in [6.07, 6.45) is 25.4. The second-order valence-electron chi connectivity index (χ2n) is 9.57. The molecule has 0 spiro atoms. The Morgan fingerprint density at radius 2 is 0.862 bits per heavy atom. The molecule has 0 aromatic heterocycles. The quantitative estimate of drug-likeness (QED) is 0.166. The van der Waals surface area contributed by atoms with Crippen molar-refractivity contribution in [3.63, 3.8) is 0 Å². The fourth-order valence-corrected chi connectivity index (χ4v) is 4.02. The maximum absolute atomic E-state index is 10.5. The predicted octanol–water partition coefficient (Wildman–Crippen LogP) is 8.28. The Morgan fingerprint density at radius 1 is 0.552 bits per heavy atom. The molecule has 2 N–H and O–H groups in total. The summed E-state index contributed by atoms with van der Waals surface area (Å²) in [5.74, 6) is 0.0602. The lowest BCUT2D eigenvalue weighted by Crippen LogP contribution is -2.09. The van der Waals surface area contributed by atoms with Crippen LogP contribution in [0.3, 0.4) is 0 Å². The van der Waals surface area contributed by atoms with E-state index in [1.54, 1.807) is 0 Å². The number of carboxylic acid groups (broad SMARTS) is 1. The first-order valence-electron chi connectivity index (χ1n) is 12.9. The molecule has 0 saturated heterocycles. The minimum absolute atomic E-state index is 0.0831. The molecule has 1 unspecified atom stereocenters. The normalized spacial score (nSPS) is 12.6.